The molecule has 3 heterocycles. The Morgan fingerprint density at radius 1 is 1.29 bits per heavy atom. The molecular formula is C21H17F2N5O2S. The molecule has 0 bridgehead atoms. The lowest BCUT2D eigenvalue weighted by Gasteiger charge is -2.18. The van der Waals surface area contributed by atoms with Crippen LogP contribution in [0.3, 0.4) is 0 Å². The Labute approximate surface area is 180 Å². The number of alkyl halides is 2. The van der Waals surface area contributed by atoms with Gasteiger partial charge in [0.25, 0.3) is 18.2 Å². The van der Waals surface area contributed by atoms with E-state index in [4.69, 9.17) is 5.26 Å². The number of para-hydroxylation sites is 2. The van der Waals surface area contributed by atoms with Crippen LogP contribution in [0.2, 0.25) is 0 Å². The number of hydrogen-bond donors (Lipinski definition) is 1. The summed E-state index contributed by atoms with van der Waals surface area (Å²) in [6.07, 6.45) is -2.04. The summed E-state index contributed by atoms with van der Waals surface area (Å²) in [5.74, 6) is -0.674. The molecular weight excluding hydrogens is 424 g/mol. The van der Waals surface area contributed by atoms with Gasteiger partial charge in [0.1, 0.15) is 11.6 Å². The number of likely N-dealkylation sites (tertiary alicyclic amines) is 1. The van der Waals surface area contributed by atoms with Crippen molar-refractivity contribution < 1.29 is 18.4 Å². The van der Waals surface area contributed by atoms with Crippen molar-refractivity contribution in [1.82, 2.24) is 14.5 Å². The number of nitrogens with one attached hydrogen (secondary N) is 1. The van der Waals surface area contributed by atoms with Crippen LogP contribution in [0.25, 0.3) is 11.0 Å². The molecule has 2 aromatic heterocycles. The standard InChI is InChI=1S/C21H17F2N5O2S/c1-12(10-24)20(30)27-9-8-13(11-27)28-15-5-3-2-4-14(15)25-21(28)26-19(29)17-7-6-16(31-17)18(22)23/h2-7,13,18H,1,8-9,11H2,(H,25,26,29)/t13-/m1/s1. The van der Waals surface area contributed by atoms with Crippen molar-refractivity contribution in [2.75, 3.05) is 18.4 Å². The fraction of sp³-hybridized carbons (Fsp3) is 0.238. The normalized spacial score (nSPS) is 15.9. The number of carbonyl (C=O) groups excluding carboxylic acids is 2. The predicted octanol–water partition coefficient (Wildman–Crippen LogP) is 4.14. The minimum absolute atomic E-state index is 0.128. The molecule has 1 N–H and O–H groups in total. The number of imidazole rings is 1. The molecule has 7 nitrogen and oxygen atoms in total. The van der Waals surface area contributed by atoms with Crippen LogP contribution in [0, 0.1) is 11.3 Å². The zero-order valence-corrected chi connectivity index (χ0v) is 17.0. The van der Waals surface area contributed by atoms with Crippen LogP contribution in [0.15, 0.2) is 48.6 Å². The predicted molar refractivity (Wildman–Crippen MR) is 112 cm³/mol. The van der Waals surface area contributed by atoms with Crippen LogP contribution in [-0.4, -0.2) is 39.4 Å². The van der Waals surface area contributed by atoms with E-state index in [1.54, 1.807) is 17.0 Å². The monoisotopic (exact) mass is 441 g/mol. The van der Waals surface area contributed by atoms with Crippen molar-refractivity contribution in [2.45, 2.75) is 18.9 Å². The van der Waals surface area contributed by atoms with E-state index in [9.17, 15) is 18.4 Å². The molecule has 1 aliphatic rings. The molecule has 0 spiro atoms. The summed E-state index contributed by atoms with van der Waals surface area (Å²) in [5.41, 5.74) is 1.30. The highest BCUT2D eigenvalue weighted by Gasteiger charge is 2.31. The number of benzene rings is 1. The third-order valence-electron chi connectivity index (χ3n) is 5.10. The highest BCUT2D eigenvalue weighted by molar-refractivity contribution is 7.14. The zero-order chi connectivity index (χ0) is 22.1. The van der Waals surface area contributed by atoms with Gasteiger partial charge in [-0.1, -0.05) is 18.7 Å². The summed E-state index contributed by atoms with van der Waals surface area (Å²) in [4.78, 5) is 31.0. The molecule has 4 rings (SSSR count). The van der Waals surface area contributed by atoms with Gasteiger partial charge in [-0.05, 0) is 30.7 Å². The van der Waals surface area contributed by atoms with Crippen molar-refractivity contribution in [3.05, 3.63) is 58.3 Å². The van der Waals surface area contributed by atoms with Gasteiger partial charge in [0, 0.05) is 13.1 Å². The maximum absolute atomic E-state index is 12.9. The average molecular weight is 441 g/mol. The number of anilines is 1. The van der Waals surface area contributed by atoms with Crippen molar-refractivity contribution in [1.29, 1.82) is 5.26 Å². The lowest BCUT2D eigenvalue weighted by Crippen LogP contribution is -2.30. The van der Waals surface area contributed by atoms with Crippen molar-refractivity contribution in [3.8, 4) is 6.07 Å². The number of amides is 2. The second kappa shape index (κ2) is 8.28. The Kier molecular flexibility index (Phi) is 5.52. The summed E-state index contributed by atoms with van der Waals surface area (Å²) in [6, 6.07) is 11.5. The Morgan fingerprint density at radius 2 is 2.06 bits per heavy atom. The van der Waals surface area contributed by atoms with E-state index in [1.807, 2.05) is 22.8 Å². The topological polar surface area (TPSA) is 91.0 Å². The molecule has 1 fully saturated rings. The second-order valence-corrected chi connectivity index (χ2v) is 8.15. The van der Waals surface area contributed by atoms with E-state index in [2.05, 4.69) is 16.9 Å². The summed E-state index contributed by atoms with van der Waals surface area (Å²) in [7, 11) is 0. The van der Waals surface area contributed by atoms with E-state index < -0.39 is 18.2 Å². The summed E-state index contributed by atoms with van der Waals surface area (Å²) in [5, 5.41) is 11.7. The molecule has 0 radical (unpaired) electrons. The smallest absolute Gasteiger partial charge is 0.272 e. The largest absolute Gasteiger partial charge is 0.336 e. The number of carbonyl (C=O) groups is 2. The van der Waals surface area contributed by atoms with Crippen molar-refractivity contribution >= 4 is 40.1 Å². The quantitative estimate of drug-likeness (QED) is 0.476. The second-order valence-electron chi connectivity index (χ2n) is 7.03. The van der Waals surface area contributed by atoms with Gasteiger partial charge in [0.2, 0.25) is 5.95 Å². The molecule has 0 unspecified atom stereocenters. The van der Waals surface area contributed by atoms with Gasteiger partial charge >= 0.3 is 0 Å². The molecule has 0 saturated carbocycles. The van der Waals surface area contributed by atoms with E-state index in [0.29, 0.717) is 25.0 Å². The van der Waals surface area contributed by atoms with Crippen LogP contribution < -0.4 is 5.32 Å². The number of fused-ring (bicyclic) bond motifs is 1. The number of nitrogens with zero attached hydrogens (tertiary/aromatic N) is 4. The lowest BCUT2D eigenvalue weighted by atomic mass is 10.2. The number of nitriles is 1. The number of aromatic nitrogens is 2. The van der Waals surface area contributed by atoms with Crippen LogP contribution >= 0.6 is 11.3 Å². The Morgan fingerprint density at radius 3 is 2.77 bits per heavy atom. The van der Waals surface area contributed by atoms with Crippen LogP contribution in [0.4, 0.5) is 14.7 Å². The van der Waals surface area contributed by atoms with E-state index in [-0.39, 0.29) is 27.3 Å². The third kappa shape index (κ3) is 3.92. The Balaban J connectivity index is 1.64. The van der Waals surface area contributed by atoms with Crippen LogP contribution in [0.1, 0.15) is 33.4 Å². The first-order chi connectivity index (χ1) is 14.9. The summed E-state index contributed by atoms with van der Waals surface area (Å²) in [6.45, 7) is 4.25. The minimum Gasteiger partial charge on any atom is -0.336 e. The molecule has 1 atom stereocenters. The fourth-order valence-corrected chi connectivity index (χ4v) is 4.39. The summed E-state index contributed by atoms with van der Waals surface area (Å²) < 4.78 is 27.6. The molecule has 1 aromatic carbocycles. The van der Waals surface area contributed by atoms with Crippen LogP contribution in [-0.2, 0) is 4.79 Å². The van der Waals surface area contributed by atoms with E-state index in [1.165, 1.54) is 12.1 Å². The van der Waals surface area contributed by atoms with Gasteiger partial charge in [0.15, 0.2) is 0 Å². The Bertz CT molecular complexity index is 1230. The number of thiophene rings is 1. The van der Waals surface area contributed by atoms with Gasteiger partial charge in [-0.3, -0.25) is 14.9 Å². The van der Waals surface area contributed by atoms with Gasteiger partial charge in [-0.15, -0.1) is 11.3 Å². The lowest BCUT2D eigenvalue weighted by molar-refractivity contribution is -0.125. The highest BCUT2D eigenvalue weighted by atomic mass is 32.1. The molecule has 1 aliphatic heterocycles. The molecule has 2 amide bonds. The van der Waals surface area contributed by atoms with Gasteiger partial charge in [-0.2, -0.15) is 5.26 Å². The Hall–Kier alpha value is -3.58. The number of hydrogen-bond acceptors (Lipinski definition) is 5. The fourth-order valence-electron chi connectivity index (χ4n) is 3.63. The maximum Gasteiger partial charge on any atom is 0.272 e. The number of halogens is 2. The molecule has 10 heteroatoms. The molecule has 1 saturated heterocycles. The van der Waals surface area contributed by atoms with Crippen LogP contribution in [0.5, 0.6) is 0 Å². The average Bonchev–Trinajstić information content (AvgIpc) is 3.49. The zero-order valence-electron chi connectivity index (χ0n) is 16.2. The van der Waals surface area contributed by atoms with Crippen molar-refractivity contribution in [2.24, 2.45) is 0 Å². The van der Waals surface area contributed by atoms with Crippen molar-refractivity contribution in [3.63, 3.8) is 0 Å². The highest BCUT2D eigenvalue weighted by Crippen LogP contribution is 2.32. The number of rotatable bonds is 5. The van der Waals surface area contributed by atoms with E-state index >= 15 is 0 Å². The van der Waals surface area contributed by atoms with E-state index in [0.717, 1.165) is 16.9 Å². The van der Waals surface area contributed by atoms with Gasteiger partial charge < -0.3 is 9.47 Å². The molecule has 31 heavy (non-hydrogen) atoms. The molecule has 3 aromatic rings. The first-order valence-electron chi connectivity index (χ1n) is 9.43. The summed E-state index contributed by atoms with van der Waals surface area (Å²) >= 11 is 0.731. The third-order valence-corrected chi connectivity index (χ3v) is 6.19. The maximum atomic E-state index is 12.9. The minimum atomic E-state index is -2.64. The molecule has 158 valence electrons. The first kappa shape index (κ1) is 20.7. The van der Waals surface area contributed by atoms with Gasteiger partial charge in [0.05, 0.1) is 26.8 Å². The first-order valence-corrected chi connectivity index (χ1v) is 10.2. The van der Waals surface area contributed by atoms with Gasteiger partial charge in [-0.25, -0.2) is 13.8 Å². The molecule has 0 aliphatic carbocycles. The SMILES string of the molecule is C=C(C#N)C(=O)N1CC[C@@H](n2c(NC(=O)c3ccc(C(F)F)s3)nc3ccccc32)C1.